The van der Waals surface area contributed by atoms with Gasteiger partial charge < -0.3 is 4.74 Å². The number of hydrogen-bond acceptors (Lipinski definition) is 4. The van der Waals surface area contributed by atoms with E-state index >= 15 is 0 Å². The Kier molecular flexibility index (Phi) is 3.04. The predicted molar refractivity (Wildman–Crippen MR) is 48.4 cm³/mol. The fraction of sp³-hybridized carbons (Fsp3) is 0.143. The standard InChI is InChI=1S/C7H5FN4O3/c1-15-7-3-6(12(13)14)4(8)2-5(7)10-11-9/h2-3H,1H3. The number of rotatable bonds is 3. The Bertz CT molecular complexity index is 456. The first-order chi connectivity index (χ1) is 7.10. The molecule has 0 bridgehead atoms. The minimum atomic E-state index is -1.08. The van der Waals surface area contributed by atoms with Gasteiger partial charge in [0.25, 0.3) is 0 Å². The van der Waals surface area contributed by atoms with E-state index in [1.807, 2.05) is 0 Å². The largest absolute Gasteiger partial charge is 0.496 e. The number of nitro benzene ring substituents is 1. The molecule has 0 N–H and O–H groups in total. The second-order valence-electron chi connectivity index (χ2n) is 2.42. The lowest BCUT2D eigenvalue weighted by molar-refractivity contribution is -0.387. The van der Waals surface area contributed by atoms with Crippen molar-refractivity contribution >= 4 is 11.4 Å². The molecule has 1 aromatic carbocycles. The summed E-state index contributed by atoms with van der Waals surface area (Å²) in [7, 11) is 1.23. The highest BCUT2D eigenvalue weighted by Gasteiger charge is 2.18. The van der Waals surface area contributed by atoms with Gasteiger partial charge in [0.2, 0.25) is 5.82 Å². The van der Waals surface area contributed by atoms with Crippen LogP contribution in [-0.2, 0) is 0 Å². The number of ether oxygens (including phenoxy) is 1. The van der Waals surface area contributed by atoms with E-state index in [1.165, 1.54) is 7.11 Å². The fourth-order valence-corrected chi connectivity index (χ4v) is 0.962. The predicted octanol–water partition coefficient (Wildman–Crippen LogP) is 2.68. The van der Waals surface area contributed by atoms with E-state index in [-0.39, 0.29) is 11.4 Å². The summed E-state index contributed by atoms with van der Waals surface area (Å²) in [5, 5.41) is 13.5. The fourth-order valence-electron chi connectivity index (χ4n) is 0.962. The molecule has 0 aromatic heterocycles. The smallest absolute Gasteiger partial charge is 0.308 e. The number of hydrogen-bond donors (Lipinski definition) is 0. The lowest BCUT2D eigenvalue weighted by Crippen LogP contribution is -1.94. The van der Waals surface area contributed by atoms with Gasteiger partial charge in [0.05, 0.1) is 23.8 Å². The van der Waals surface area contributed by atoms with E-state index < -0.39 is 16.4 Å². The number of benzene rings is 1. The Balaban J connectivity index is 3.41. The Morgan fingerprint density at radius 1 is 1.67 bits per heavy atom. The van der Waals surface area contributed by atoms with Crippen LogP contribution < -0.4 is 4.74 Å². The summed E-state index contributed by atoms with van der Waals surface area (Å²) < 4.78 is 17.8. The van der Waals surface area contributed by atoms with Crippen LogP contribution in [0.4, 0.5) is 15.8 Å². The average Bonchev–Trinajstić information content (AvgIpc) is 2.18. The van der Waals surface area contributed by atoms with E-state index in [2.05, 4.69) is 10.0 Å². The van der Waals surface area contributed by atoms with Crippen molar-refractivity contribution in [1.82, 2.24) is 0 Å². The molecule has 1 rings (SSSR count). The minimum Gasteiger partial charge on any atom is -0.496 e. The van der Waals surface area contributed by atoms with Crippen molar-refractivity contribution < 1.29 is 14.1 Å². The number of nitrogens with zero attached hydrogens (tertiary/aromatic N) is 4. The summed E-state index contributed by atoms with van der Waals surface area (Å²) in [4.78, 5) is 11.9. The zero-order valence-electron chi connectivity index (χ0n) is 7.55. The SMILES string of the molecule is COc1cc([N+](=O)[O-])c(F)cc1N=[N+]=[N-]. The summed E-state index contributed by atoms with van der Waals surface area (Å²) in [6.45, 7) is 0. The van der Waals surface area contributed by atoms with Gasteiger partial charge >= 0.3 is 5.69 Å². The lowest BCUT2D eigenvalue weighted by Gasteiger charge is -2.03. The molecule has 0 aliphatic rings. The van der Waals surface area contributed by atoms with Gasteiger partial charge in [-0.2, -0.15) is 4.39 Å². The Morgan fingerprint density at radius 3 is 2.80 bits per heavy atom. The summed E-state index contributed by atoms with van der Waals surface area (Å²) in [6, 6.07) is 1.61. The Hall–Kier alpha value is -2.34. The van der Waals surface area contributed by atoms with Gasteiger partial charge in [-0.15, -0.1) is 0 Å². The van der Waals surface area contributed by atoms with Crippen molar-refractivity contribution in [2.45, 2.75) is 0 Å². The first-order valence-corrected chi connectivity index (χ1v) is 3.67. The maximum Gasteiger partial charge on any atom is 0.308 e. The third-order valence-electron chi connectivity index (χ3n) is 1.60. The van der Waals surface area contributed by atoms with Crippen molar-refractivity contribution in [3.05, 3.63) is 38.5 Å². The number of halogens is 1. The minimum absolute atomic E-state index is 0.0547. The molecule has 0 heterocycles. The van der Waals surface area contributed by atoms with E-state index in [1.54, 1.807) is 0 Å². The van der Waals surface area contributed by atoms with Crippen molar-refractivity contribution in [3.8, 4) is 5.75 Å². The topological polar surface area (TPSA) is 101 Å². The van der Waals surface area contributed by atoms with Crippen molar-refractivity contribution in [2.75, 3.05) is 7.11 Å². The van der Waals surface area contributed by atoms with Gasteiger partial charge in [-0.05, 0) is 11.6 Å². The zero-order valence-corrected chi connectivity index (χ0v) is 7.55. The summed E-state index contributed by atoms with van der Waals surface area (Å²) >= 11 is 0. The molecule has 0 spiro atoms. The van der Waals surface area contributed by atoms with E-state index in [0.29, 0.717) is 0 Å². The molecule has 0 radical (unpaired) electrons. The monoisotopic (exact) mass is 212 g/mol. The molecular formula is C7H5FN4O3. The van der Waals surface area contributed by atoms with Gasteiger partial charge in [-0.3, -0.25) is 10.1 Å². The molecule has 0 atom stereocenters. The van der Waals surface area contributed by atoms with Crippen LogP contribution in [0.25, 0.3) is 10.4 Å². The molecule has 0 aliphatic heterocycles. The average molecular weight is 212 g/mol. The number of azide groups is 1. The second-order valence-corrected chi connectivity index (χ2v) is 2.42. The summed E-state index contributed by atoms with van der Waals surface area (Å²) in [6.07, 6.45) is 0. The normalized spacial score (nSPS) is 9.20. The molecule has 0 saturated heterocycles. The van der Waals surface area contributed by atoms with Crippen LogP contribution in [0.1, 0.15) is 0 Å². The molecule has 8 heteroatoms. The molecule has 1 aromatic rings. The maximum absolute atomic E-state index is 13.1. The summed E-state index contributed by atoms with van der Waals surface area (Å²) in [5.41, 5.74) is 7.29. The molecule has 0 unspecified atom stereocenters. The molecule has 15 heavy (non-hydrogen) atoms. The third-order valence-corrected chi connectivity index (χ3v) is 1.60. The quantitative estimate of drug-likeness (QED) is 0.253. The van der Waals surface area contributed by atoms with Crippen molar-refractivity contribution in [1.29, 1.82) is 0 Å². The molecule has 0 amide bonds. The molecule has 0 fully saturated rings. The van der Waals surface area contributed by atoms with Crippen LogP contribution in [0.3, 0.4) is 0 Å². The molecule has 7 nitrogen and oxygen atoms in total. The van der Waals surface area contributed by atoms with Crippen LogP contribution in [0.5, 0.6) is 5.75 Å². The van der Waals surface area contributed by atoms with Crippen LogP contribution in [0, 0.1) is 15.9 Å². The van der Waals surface area contributed by atoms with Crippen LogP contribution in [-0.4, -0.2) is 12.0 Å². The van der Waals surface area contributed by atoms with Crippen LogP contribution in [0.2, 0.25) is 0 Å². The van der Waals surface area contributed by atoms with Gasteiger partial charge in [-0.25, -0.2) is 0 Å². The second kappa shape index (κ2) is 4.25. The van der Waals surface area contributed by atoms with Crippen molar-refractivity contribution in [3.63, 3.8) is 0 Å². The maximum atomic E-state index is 13.1. The molecule has 78 valence electrons. The lowest BCUT2D eigenvalue weighted by atomic mass is 10.2. The first-order valence-electron chi connectivity index (χ1n) is 3.67. The number of methoxy groups -OCH3 is 1. The zero-order chi connectivity index (χ0) is 11.4. The number of nitro groups is 1. The highest BCUT2D eigenvalue weighted by Crippen LogP contribution is 2.33. The van der Waals surface area contributed by atoms with Gasteiger partial charge in [0.15, 0.2) is 0 Å². The molecule has 0 aliphatic carbocycles. The van der Waals surface area contributed by atoms with E-state index in [9.17, 15) is 14.5 Å². The van der Waals surface area contributed by atoms with Gasteiger partial charge in [-0.1, -0.05) is 5.11 Å². The third kappa shape index (κ3) is 2.12. The Morgan fingerprint density at radius 2 is 2.33 bits per heavy atom. The van der Waals surface area contributed by atoms with E-state index in [0.717, 1.165) is 12.1 Å². The van der Waals surface area contributed by atoms with Crippen molar-refractivity contribution in [2.24, 2.45) is 5.11 Å². The highest BCUT2D eigenvalue weighted by molar-refractivity contribution is 5.57. The summed E-state index contributed by atoms with van der Waals surface area (Å²) in [5.74, 6) is -1.14. The Labute approximate surface area is 82.9 Å². The van der Waals surface area contributed by atoms with Crippen LogP contribution >= 0.6 is 0 Å². The van der Waals surface area contributed by atoms with E-state index in [4.69, 9.17) is 10.3 Å². The van der Waals surface area contributed by atoms with Gasteiger partial charge in [0, 0.05) is 4.91 Å². The first kappa shape index (κ1) is 10.7. The molecular weight excluding hydrogens is 207 g/mol. The van der Waals surface area contributed by atoms with Gasteiger partial charge in [0.1, 0.15) is 5.75 Å². The van der Waals surface area contributed by atoms with Crippen LogP contribution in [0.15, 0.2) is 17.2 Å². The molecule has 0 saturated carbocycles. The highest BCUT2D eigenvalue weighted by atomic mass is 19.1.